The molecule has 2 aromatic rings. The Morgan fingerprint density at radius 3 is 2.74 bits per heavy atom. The van der Waals surface area contributed by atoms with Crippen molar-refractivity contribution in [1.29, 1.82) is 0 Å². The molecule has 0 amide bonds. The maximum Gasteiger partial charge on any atom is 0.126 e. The molecule has 1 nitrogen and oxygen atoms in total. The minimum atomic E-state index is -0.263. The molecule has 0 radical (unpaired) electrons. The summed E-state index contributed by atoms with van der Waals surface area (Å²) in [7, 11) is 0. The molecule has 0 saturated carbocycles. The summed E-state index contributed by atoms with van der Waals surface area (Å²) in [5, 5.41) is 0.529. The molecule has 0 aromatic heterocycles. The quantitative estimate of drug-likeness (QED) is 0.844. The van der Waals surface area contributed by atoms with E-state index >= 15 is 0 Å². The van der Waals surface area contributed by atoms with Gasteiger partial charge in [0.25, 0.3) is 0 Å². The van der Waals surface area contributed by atoms with Gasteiger partial charge in [-0.1, -0.05) is 29.8 Å². The van der Waals surface area contributed by atoms with Gasteiger partial charge in [0.2, 0.25) is 0 Å². The molecule has 0 saturated heterocycles. The van der Waals surface area contributed by atoms with Crippen LogP contribution in [0, 0.1) is 5.82 Å². The van der Waals surface area contributed by atoms with Gasteiger partial charge in [-0.05, 0) is 48.1 Å². The smallest absolute Gasteiger partial charge is 0.126 e. The van der Waals surface area contributed by atoms with E-state index in [4.69, 9.17) is 17.3 Å². The zero-order valence-corrected chi connectivity index (χ0v) is 12.1. The molecule has 1 unspecified atom stereocenters. The van der Waals surface area contributed by atoms with E-state index in [1.807, 2.05) is 30.5 Å². The van der Waals surface area contributed by atoms with Crippen molar-refractivity contribution < 1.29 is 4.39 Å². The van der Waals surface area contributed by atoms with E-state index in [0.29, 0.717) is 17.0 Å². The topological polar surface area (TPSA) is 26.0 Å². The number of benzene rings is 2. The first kappa shape index (κ1) is 14.4. The first-order valence-electron chi connectivity index (χ1n) is 5.94. The van der Waals surface area contributed by atoms with Gasteiger partial charge in [-0.3, -0.25) is 0 Å². The molecule has 4 heteroatoms. The average molecular weight is 296 g/mol. The number of nitrogens with two attached hydrogens (primary N) is 1. The third kappa shape index (κ3) is 3.50. The fourth-order valence-corrected chi connectivity index (χ4v) is 2.88. The summed E-state index contributed by atoms with van der Waals surface area (Å²) in [5.41, 5.74) is 7.79. The minimum absolute atomic E-state index is 0.239. The van der Waals surface area contributed by atoms with Crippen LogP contribution < -0.4 is 5.73 Å². The average Bonchev–Trinajstić information content (AvgIpc) is 2.42. The molecule has 0 aliphatic carbocycles. The highest BCUT2D eigenvalue weighted by atomic mass is 35.5. The zero-order valence-electron chi connectivity index (χ0n) is 10.6. The second-order valence-electron chi connectivity index (χ2n) is 4.29. The number of halogens is 2. The van der Waals surface area contributed by atoms with Crippen LogP contribution >= 0.6 is 23.4 Å². The molecule has 100 valence electrons. The second kappa shape index (κ2) is 6.42. The molecule has 0 fully saturated rings. The fraction of sp³-hybridized carbons (Fsp3) is 0.200. The second-order valence-corrected chi connectivity index (χ2v) is 5.57. The Kier molecular flexibility index (Phi) is 4.86. The van der Waals surface area contributed by atoms with Gasteiger partial charge in [-0.25, -0.2) is 4.39 Å². The lowest BCUT2D eigenvalue weighted by Crippen LogP contribution is -2.15. The summed E-state index contributed by atoms with van der Waals surface area (Å²) in [5.74, 6) is -0.263. The number of hydrogen-bond acceptors (Lipinski definition) is 2. The van der Waals surface area contributed by atoms with Crippen LogP contribution in [-0.2, 0) is 6.42 Å². The number of hydrogen-bond donors (Lipinski definition) is 1. The Morgan fingerprint density at radius 2 is 2.00 bits per heavy atom. The van der Waals surface area contributed by atoms with E-state index in [1.165, 1.54) is 6.07 Å². The Hall–Kier alpha value is -1.03. The van der Waals surface area contributed by atoms with Gasteiger partial charge in [-0.2, -0.15) is 0 Å². The first-order chi connectivity index (χ1) is 9.11. The van der Waals surface area contributed by atoms with Crippen molar-refractivity contribution in [2.45, 2.75) is 17.4 Å². The molecule has 0 spiro atoms. The van der Waals surface area contributed by atoms with E-state index < -0.39 is 0 Å². The highest BCUT2D eigenvalue weighted by molar-refractivity contribution is 7.98. The molecule has 0 heterocycles. The van der Waals surface area contributed by atoms with E-state index in [-0.39, 0.29) is 11.9 Å². The maximum absolute atomic E-state index is 13.7. The Balaban J connectivity index is 2.25. The maximum atomic E-state index is 13.7. The van der Waals surface area contributed by atoms with Gasteiger partial charge in [0.1, 0.15) is 5.82 Å². The van der Waals surface area contributed by atoms with Crippen LogP contribution in [0.4, 0.5) is 4.39 Å². The lowest BCUT2D eigenvalue weighted by molar-refractivity contribution is 0.591. The summed E-state index contributed by atoms with van der Waals surface area (Å²) in [6.07, 6.45) is 2.44. The summed E-state index contributed by atoms with van der Waals surface area (Å²) in [6, 6.07) is 12.3. The molecule has 1 atom stereocenters. The standard InChI is InChI=1S/C15H15ClFNS/c1-19-15-5-3-2-4-12(15)14(18)9-10-8-11(16)6-7-13(10)17/h2-8,14H,9,18H2,1H3. The minimum Gasteiger partial charge on any atom is -0.324 e. The van der Waals surface area contributed by atoms with Gasteiger partial charge in [-0.15, -0.1) is 11.8 Å². The first-order valence-corrected chi connectivity index (χ1v) is 7.54. The van der Waals surface area contributed by atoms with Crippen LogP contribution in [0.15, 0.2) is 47.4 Å². The Bertz CT molecular complexity index is 574. The van der Waals surface area contributed by atoms with Crippen LogP contribution in [0.2, 0.25) is 5.02 Å². The van der Waals surface area contributed by atoms with E-state index in [1.54, 1.807) is 23.9 Å². The molecule has 0 aliphatic rings. The third-order valence-electron chi connectivity index (χ3n) is 2.99. The predicted molar refractivity (Wildman–Crippen MR) is 80.3 cm³/mol. The van der Waals surface area contributed by atoms with Crippen LogP contribution in [0.5, 0.6) is 0 Å². The molecule has 0 aliphatic heterocycles. The van der Waals surface area contributed by atoms with Crippen molar-refractivity contribution in [3.05, 3.63) is 64.4 Å². The van der Waals surface area contributed by atoms with Crippen LogP contribution in [-0.4, -0.2) is 6.26 Å². The van der Waals surface area contributed by atoms with Gasteiger partial charge in [0.05, 0.1) is 0 Å². The van der Waals surface area contributed by atoms with Crippen molar-refractivity contribution in [3.8, 4) is 0 Å². The Morgan fingerprint density at radius 1 is 1.26 bits per heavy atom. The zero-order chi connectivity index (χ0) is 13.8. The monoisotopic (exact) mass is 295 g/mol. The molecule has 2 aromatic carbocycles. The van der Waals surface area contributed by atoms with E-state index in [0.717, 1.165) is 10.5 Å². The molecule has 19 heavy (non-hydrogen) atoms. The fourth-order valence-electron chi connectivity index (χ4n) is 2.02. The van der Waals surface area contributed by atoms with Gasteiger partial charge < -0.3 is 5.73 Å². The van der Waals surface area contributed by atoms with Crippen LogP contribution in [0.1, 0.15) is 17.2 Å². The van der Waals surface area contributed by atoms with Crippen molar-refractivity contribution in [3.63, 3.8) is 0 Å². The predicted octanol–water partition coefficient (Wildman–Crippen LogP) is 4.44. The summed E-state index contributed by atoms with van der Waals surface area (Å²) in [4.78, 5) is 1.12. The van der Waals surface area contributed by atoms with Crippen molar-refractivity contribution in [2.75, 3.05) is 6.26 Å². The SMILES string of the molecule is CSc1ccccc1C(N)Cc1cc(Cl)ccc1F. The molecule has 0 bridgehead atoms. The van der Waals surface area contributed by atoms with E-state index in [9.17, 15) is 4.39 Å². The van der Waals surface area contributed by atoms with Gasteiger partial charge >= 0.3 is 0 Å². The van der Waals surface area contributed by atoms with Crippen LogP contribution in [0.3, 0.4) is 0 Å². The Labute approximate surface area is 122 Å². The summed E-state index contributed by atoms with van der Waals surface area (Å²) in [6.45, 7) is 0. The normalized spacial score (nSPS) is 12.4. The molecule has 2 N–H and O–H groups in total. The third-order valence-corrected chi connectivity index (χ3v) is 4.03. The van der Waals surface area contributed by atoms with Crippen molar-refractivity contribution in [2.24, 2.45) is 5.73 Å². The van der Waals surface area contributed by atoms with Gasteiger partial charge in [0.15, 0.2) is 0 Å². The van der Waals surface area contributed by atoms with Gasteiger partial charge in [0, 0.05) is 16.0 Å². The summed E-state index contributed by atoms with van der Waals surface area (Å²) >= 11 is 7.54. The number of thioether (sulfide) groups is 1. The van der Waals surface area contributed by atoms with Crippen LogP contribution in [0.25, 0.3) is 0 Å². The lowest BCUT2D eigenvalue weighted by Gasteiger charge is -2.16. The summed E-state index contributed by atoms with van der Waals surface area (Å²) < 4.78 is 13.7. The highest BCUT2D eigenvalue weighted by Gasteiger charge is 2.13. The largest absolute Gasteiger partial charge is 0.324 e. The molecular formula is C15H15ClFNS. The lowest BCUT2D eigenvalue weighted by atomic mass is 9.99. The van der Waals surface area contributed by atoms with Crippen molar-refractivity contribution in [1.82, 2.24) is 0 Å². The number of rotatable bonds is 4. The van der Waals surface area contributed by atoms with Crippen molar-refractivity contribution >= 4 is 23.4 Å². The molecular weight excluding hydrogens is 281 g/mol. The molecule has 2 rings (SSSR count). The van der Waals surface area contributed by atoms with E-state index in [2.05, 4.69) is 0 Å². The highest BCUT2D eigenvalue weighted by Crippen LogP contribution is 2.27.